The van der Waals surface area contributed by atoms with Crippen LogP contribution in [0.15, 0.2) is 0 Å². The zero-order valence-corrected chi connectivity index (χ0v) is 9.73. The molecular formula is C11H24N2O. The summed E-state index contributed by atoms with van der Waals surface area (Å²) in [4.78, 5) is 11.2. The predicted octanol–water partition coefficient (Wildman–Crippen LogP) is 1.68. The Balaban J connectivity index is 3.26. The summed E-state index contributed by atoms with van der Waals surface area (Å²) < 4.78 is 0. The fourth-order valence-corrected chi connectivity index (χ4v) is 1.07. The molecule has 0 spiro atoms. The lowest BCUT2D eigenvalue weighted by Crippen LogP contribution is -2.31. The molecule has 0 aromatic carbocycles. The van der Waals surface area contributed by atoms with Gasteiger partial charge < -0.3 is 10.6 Å². The summed E-state index contributed by atoms with van der Waals surface area (Å²) in [5, 5.41) is 6.19. The number of nitrogens with one attached hydrogen (secondary N) is 2. The van der Waals surface area contributed by atoms with Crippen LogP contribution in [-0.4, -0.2) is 25.0 Å². The van der Waals surface area contributed by atoms with Gasteiger partial charge in [-0.1, -0.05) is 20.3 Å². The van der Waals surface area contributed by atoms with E-state index in [1.165, 1.54) is 0 Å². The second-order valence-corrected chi connectivity index (χ2v) is 3.72. The van der Waals surface area contributed by atoms with Gasteiger partial charge in [-0.3, -0.25) is 4.79 Å². The van der Waals surface area contributed by atoms with E-state index in [1.54, 1.807) is 0 Å². The average molecular weight is 200 g/mol. The van der Waals surface area contributed by atoms with Crippen LogP contribution in [0.1, 0.15) is 46.5 Å². The maximum atomic E-state index is 11.2. The molecule has 0 saturated carbocycles. The molecule has 0 saturated heterocycles. The van der Waals surface area contributed by atoms with Crippen LogP contribution >= 0.6 is 0 Å². The van der Waals surface area contributed by atoms with Crippen molar-refractivity contribution >= 4 is 5.91 Å². The van der Waals surface area contributed by atoms with Crippen LogP contribution in [0.2, 0.25) is 0 Å². The zero-order chi connectivity index (χ0) is 10.8. The van der Waals surface area contributed by atoms with Gasteiger partial charge in [-0.15, -0.1) is 0 Å². The van der Waals surface area contributed by atoms with Crippen LogP contribution in [0.25, 0.3) is 0 Å². The van der Waals surface area contributed by atoms with Crippen molar-refractivity contribution in [2.75, 3.05) is 13.1 Å². The number of amides is 1. The van der Waals surface area contributed by atoms with Crippen molar-refractivity contribution in [3.05, 3.63) is 0 Å². The Kier molecular flexibility index (Phi) is 8.64. The highest BCUT2D eigenvalue weighted by Crippen LogP contribution is 1.88. The standard InChI is InChI=1S/C11H24N2O/c1-4-6-8-13-11(14)7-9-12-10(3)5-2/h10,12H,4-9H2,1-3H3,(H,13,14). The molecule has 1 unspecified atom stereocenters. The van der Waals surface area contributed by atoms with E-state index >= 15 is 0 Å². The molecule has 0 bridgehead atoms. The molecule has 84 valence electrons. The first-order chi connectivity index (χ1) is 6.70. The Morgan fingerprint density at radius 1 is 1.29 bits per heavy atom. The van der Waals surface area contributed by atoms with E-state index < -0.39 is 0 Å². The fourth-order valence-electron chi connectivity index (χ4n) is 1.07. The van der Waals surface area contributed by atoms with E-state index in [0.717, 1.165) is 32.4 Å². The van der Waals surface area contributed by atoms with Gasteiger partial charge in [0.15, 0.2) is 0 Å². The van der Waals surface area contributed by atoms with Crippen molar-refractivity contribution in [3.8, 4) is 0 Å². The maximum Gasteiger partial charge on any atom is 0.221 e. The van der Waals surface area contributed by atoms with Crippen molar-refractivity contribution < 1.29 is 4.79 Å². The van der Waals surface area contributed by atoms with E-state index in [0.29, 0.717) is 12.5 Å². The van der Waals surface area contributed by atoms with Crippen molar-refractivity contribution in [2.45, 2.75) is 52.5 Å². The molecule has 0 aliphatic carbocycles. The summed E-state index contributed by atoms with van der Waals surface area (Å²) in [7, 11) is 0. The molecule has 14 heavy (non-hydrogen) atoms. The highest BCUT2D eigenvalue weighted by Gasteiger charge is 2.01. The van der Waals surface area contributed by atoms with Gasteiger partial charge in [0.2, 0.25) is 5.91 Å². The summed E-state index contributed by atoms with van der Waals surface area (Å²) in [5.74, 6) is 0.161. The first-order valence-corrected chi connectivity index (χ1v) is 5.70. The van der Waals surface area contributed by atoms with Gasteiger partial charge in [-0.2, -0.15) is 0 Å². The first-order valence-electron chi connectivity index (χ1n) is 5.70. The molecule has 0 aliphatic rings. The molecule has 1 atom stereocenters. The predicted molar refractivity (Wildman–Crippen MR) is 60.3 cm³/mol. The van der Waals surface area contributed by atoms with E-state index in [9.17, 15) is 4.79 Å². The summed E-state index contributed by atoms with van der Waals surface area (Å²) in [6.07, 6.45) is 3.90. The summed E-state index contributed by atoms with van der Waals surface area (Å²) in [5.41, 5.74) is 0. The minimum atomic E-state index is 0.161. The molecule has 0 radical (unpaired) electrons. The molecule has 0 aromatic heterocycles. The van der Waals surface area contributed by atoms with E-state index in [2.05, 4.69) is 31.4 Å². The summed E-state index contributed by atoms with van der Waals surface area (Å²) >= 11 is 0. The van der Waals surface area contributed by atoms with Gasteiger partial charge in [0.05, 0.1) is 0 Å². The normalized spacial score (nSPS) is 12.5. The van der Waals surface area contributed by atoms with Gasteiger partial charge in [-0.05, 0) is 19.8 Å². The lowest BCUT2D eigenvalue weighted by atomic mass is 10.2. The lowest BCUT2D eigenvalue weighted by Gasteiger charge is -2.10. The van der Waals surface area contributed by atoms with Crippen molar-refractivity contribution in [2.24, 2.45) is 0 Å². The quantitative estimate of drug-likeness (QED) is 0.585. The van der Waals surface area contributed by atoms with Crippen LogP contribution in [0.3, 0.4) is 0 Å². The Labute approximate surface area is 87.6 Å². The minimum absolute atomic E-state index is 0.161. The molecule has 0 fully saturated rings. The van der Waals surface area contributed by atoms with E-state index in [4.69, 9.17) is 0 Å². The fraction of sp³-hybridized carbons (Fsp3) is 0.909. The summed E-state index contributed by atoms with van der Waals surface area (Å²) in [6, 6.07) is 0.512. The third-order valence-electron chi connectivity index (χ3n) is 2.31. The Morgan fingerprint density at radius 3 is 2.57 bits per heavy atom. The van der Waals surface area contributed by atoms with Gasteiger partial charge in [0.25, 0.3) is 0 Å². The molecule has 0 heterocycles. The van der Waals surface area contributed by atoms with Crippen LogP contribution in [-0.2, 0) is 4.79 Å². The SMILES string of the molecule is CCCCNC(=O)CCNC(C)CC. The molecule has 0 rings (SSSR count). The van der Waals surface area contributed by atoms with E-state index in [-0.39, 0.29) is 5.91 Å². The number of rotatable bonds is 8. The molecule has 3 heteroatoms. The monoisotopic (exact) mass is 200 g/mol. The highest BCUT2D eigenvalue weighted by atomic mass is 16.1. The lowest BCUT2D eigenvalue weighted by molar-refractivity contribution is -0.121. The third-order valence-corrected chi connectivity index (χ3v) is 2.31. The second kappa shape index (κ2) is 9.00. The topological polar surface area (TPSA) is 41.1 Å². The van der Waals surface area contributed by atoms with Crippen molar-refractivity contribution in [1.29, 1.82) is 0 Å². The molecule has 1 amide bonds. The number of carbonyl (C=O) groups is 1. The second-order valence-electron chi connectivity index (χ2n) is 3.72. The average Bonchev–Trinajstić information content (AvgIpc) is 2.18. The van der Waals surface area contributed by atoms with Gasteiger partial charge in [-0.25, -0.2) is 0 Å². The Hall–Kier alpha value is -0.570. The van der Waals surface area contributed by atoms with Crippen LogP contribution in [0.5, 0.6) is 0 Å². The third kappa shape index (κ3) is 8.05. The highest BCUT2D eigenvalue weighted by molar-refractivity contribution is 5.75. The van der Waals surface area contributed by atoms with Gasteiger partial charge in [0, 0.05) is 25.6 Å². The Bertz CT molecular complexity index is 148. The molecular weight excluding hydrogens is 176 g/mol. The number of carbonyl (C=O) groups excluding carboxylic acids is 1. The smallest absolute Gasteiger partial charge is 0.221 e. The summed E-state index contributed by atoms with van der Waals surface area (Å²) in [6.45, 7) is 8.00. The number of unbranched alkanes of at least 4 members (excludes halogenated alkanes) is 1. The van der Waals surface area contributed by atoms with Crippen molar-refractivity contribution in [3.63, 3.8) is 0 Å². The van der Waals surface area contributed by atoms with Crippen molar-refractivity contribution in [1.82, 2.24) is 10.6 Å². The maximum absolute atomic E-state index is 11.2. The largest absolute Gasteiger partial charge is 0.356 e. The number of hydrogen-bond acceptors (Lipinski definition) is 2. The Morgan fingerprint density at radius 2 is 2.00 bits per heavy atom. The van der Waals surface area contributed by atoms with Crippen LogP contribution in [0.4, 0.5) is 0 Å². The zero-order valence-electron chi connectivity index (χ0n) is 9.73. The number of hydrogen-bond donors (Lipinski definition) is 2. The van der Waals surface area contributed by atoms with E-state index in [1.807, 2.05) is 0 Å². The van der Waals surface area contributed by atoms with Crippen LogP contribution in [0, 0.1) is 0 Å². The first kappa shape index (κ1) is 13.4. The molecule has 2 N–H and O–H groups in total. The van der Waals surface area contributed by atoms with Gasteiger partial charge >= 0.3 is 0 Å². The molecule has 0 aliphatic heterocycles. The van der Waals surface area contributed by atoms with Gasteiger partial charge in [0.1, 0.15) is 0 Å². The minimum Gasteiger partial charge on any atom is -0.356 e. The molecule has 0 aromatic rings. The van der Waals surface area contributed by atoms with Crippen LogP contribution < -0.4 is 10.6 Å². The molecule has 3 nitrogen and oxygen atoms in total.